The predicted molar refractivity (Wildman–Crippen MR) is 91.5 cm³/mol. The van der Waals surface area contributed by atoms with Crippen LogP contribution < -0.4 is 5.32 Å². The Morgan fingerprint density at radius 3 is 2.86 bits per heavy atom. The van der Waals surface area contributed by atoms with Gasteiger partial charge in [0, 0.05) is 15.3 Å². The van der Waals surface area contributed by atoms with Gasteiger partial charge in [-0.3, -0.25) is 14.5 Å². The summed E-state index contributed by atoms with van der Waals surface area (Å²) in [5.74, 6) is -0.412. The molecule has 0 radical (unpaired) electrons. The summed E-state index contributed by atoms with van der Waals surface area (Å²) in [7, 11) is 0. The first-order chi connectivity index (χ1) is 10.6. The molecule has 0 spiro atoms. The highest BCUT2D eigenvalue weighted by Gasteiger charge is 2.40. The van der Waals surface area contributed by atoms with Crippen LogP contribution in [0.1, 0.15) is 25.7 Å². The summed E-state index contributed by atoms with van der Waals surface area (Å²) in [5.41, 5.74) is 0.754. The zero-order chi connectivity index (χ0) is 15.5. The fourth-order valence-electron chi connectivity index (χ4n) is 3.14. The number of esters is 1. The van der Waals surface area contributed by atoms with Crippen LogP contribution in [0.2, 0.25) is 0 Å². The number of halogens is 1. The smallest absolute Gasteiger partial charge is 0.323 e. The van der Waals surface area contributed by atoms with Gasteiger partial charge in [-0.2, -0.15) is 0 Å². The predicted octanol–water partition coefficient (Wildman–Crippen LogP) is 2.40. The van der Waals surface area contributed by atoms with E-state index in [1.807, 2.05) is 24.3 Å². The van der Waals surface area contributed by atoms with Gasteiger partial charge in [0.2, 0.25) is 5.91 Å². The lowest BCUT2D eigenvalue weighted by Gasteiger charge is -2.43. The zero-order valence-corrected chi connectivity index (χ0v) is 14.4. The third kappa shape index (κ3) is 3.60. The first kappa shape index (κ1) is 15.7. The highest BCUT2D eigenvalue weighted by Crippen LogP contribution is 2.26. The molecule has 1 aromatic rings. The second-order valence-electron chi connectivity index (χ2n) is 5.79. The number of hydrogen-bond donors (Lipinski definition) is 1. The van der Waals surface area contributed by atoms with Crippen molar-refractivity contribution in [1.29, 1.82) is 0 Å². The highest BCUT2D eigenvalue weighted by molar-refractivity contribution is 14.1. The molecule has 0 unspecified atom stereocenters. The molecule has 2 aliphatic rings. The number of rotatable bonds is 3. The number of nitrogens with zero attached hydrogens (tertiary/aromatic N) is 1. The van der Waals surface area contributed by atoms with E-state index in [9.17, 15) is 9.59 Å². The van der Waals surface area contributed by atoms with Gasteiger partial charge >= 0.3 is 5.97 Å². The maximum Gasteiger partial charge on any atom is 0.323 e. The third-order valence-electron chi connectivity index (χ3n) is 4.27. The monoisotopic (exact) mass is 414 g/mol. The lowest BCUT2D eigenvalue weighted by Crippen LogP contribution is -2.57. The van der Waals surface area contributed by atoms with Gasteiger partial charge in [0.15, 0.2) is 0 Å². The Kier molecular flexibility index (Phi) is 4.97. The first-order valence-electron chi connectivity index (χ1n) is 7.61. The Labute approximate surface area is 143 Å². The number of piperidine rings is 1. The molecular weight excluding hydrogens is 395 g/mol. The molecule has 2 saturated heterocycles. The Hall–Kier alpha value is -1.15. The van der Waals surface area contributed by atoms with E-state index >= 15 is 0 Å². The summed E-state index contributed by atoms with van der Waals surface area (Å²) < 4.78 is 6.38. The van der Waals surface area contributed by atoms with Crippen LogP contribution in [-0.2, 0) is 14.3 Å². The third-order valence-corrected chi connectivity index (χ3v) is 4.99. The van der Waals surface area contributed by atoms with Crippen LogP contribution in [0.25, 0.3) is 0 Å². The molecule has 0 aliphatic carbocycles. The molecule has 118 valence electrons. The quantitative estimate of drug-likeness (QED) is 0.610. The minimum Gasteiger partial charge on any atom is -0.463 e. The van der Waals surface area contributed by atoms with E-state index in [1.165, 1.54) is 6.42 Å². The molecule has 1 aromatic carbocycles. The fourth-order valence-corrected chi connectivity index (χ4v) is 3.50. The minimum atomic E-state index is -0.442. The van der Waals surface area contributed by atoms with Crippen molar-refractivity contribution in [3.8, 4) is 0 Å². The van der Waals surface area contributed by atoms with E-state index in [4.69, 9.17) is 4.74 Å². The van der Waals surface area contributed by atoms with Crippen molar-refractivity contribution in [1.82, 2.24) is 4.90 Å². The number of amides is 1. The molecule has 2 aliphatic heterocycles. The lowest BCUT2D eigenvalue weighted by molar-refractivity contribution is -0.165. The van der Waals surface area contributed by atoms with Crippen molar-refractivity contribution >= 4 is 40.2 Å². The van der Waals surface area contributed by atoms with Crippen LogP contribution in [0.15, 0.2) is 24.3 Å². The Bertz CT molecular complexity index is 561. The summed E-state index contributed by atoms with van der Waals surface area (Å²) in [4.78, 5) is 26.4. The number of ether oxygens (including phenoxy) is 1. The SMILES string of the molecule is O=C(C[C@H]1C(=O)OC[C@@H]2CCCCN21)Nc1ccc(I)cc1. The van der Waals surface area contributed by atoms with Gasteiger partial charge in [0.1, 0.15) is 12.6 Å². The van der Waals surface area contributed by atoms with Gasteiger partial charge in [-0.15, -0.1) is 0 Å². The molecule has 5 nitrogen and oxygen atoms in total. The maximum atomic E-state index is 12.2. The van der Waals surface area contributed by atoms with Crippen molar-refractivity contribution in [3.63, 3.8) is 0 Å². The first-order valence-corrected chi connectivity index (χ1v) is 8.69. The molecule has 1 N–H and O–H groups in total. The van der Waals surface area contributed by atoms with E-state index in [0.29, 0.717) is 6.61 Å². The molecule has 3 rings (SSSR count). The number of cyclic esters (lactones) is 1. The van der Waals surface area contributed by atoms with E-state index < -0.39 is 6.04 Å². The van der Waals surface area contributed by atoms with Crippen LogP contribution in [0.5, 0.6) is 0 Å². The summed E-state index contributed by atoms with van der Waals surface area (Å²) in [6, 6.07) is 7.44. The summed E-state index contributed by atoms with van der Waals surface area (Å²) in [6.45, 7) is 1.34. The molecule has 1 amide bonds. The molecule has 22 heavy (non-hydrogen) atoms. The Morgan fingerprint density at radius 2 is 2.09 bits per heavy atom. The topological polar surface area (TPSA) is 58.6 Å². The van der Waals surface area contributed by atoms with E-state index in [1.54, 1.807) is 0 Å². The Balaban J connectivity index is 1.63. The maximum absolute atomic E-state index is 12.2. The summed E-state index contributed by atoms with van der Waals surface area (Å²) in [6.07, 6.45) is 3.45. The molecule has 0 bridgehead atoms. The van der Waals surface area contributed by atoms with Crippen LogP contribution >= 0.6 is 22.6 Å². The number of carbonyl (C=O) groups excluding carboxylic acids is 2. The molecule has 0 aromatic heterocycles. The minimum absolute atomic E-state index is 0.144. The molecule has 2 heterocycles. The molecule has 2 fully saturated rings. The number of carbonyl (C=O) groups is 2. The average Bonchev–Trinajstić information content (AvgIpc) is 2.52. The van der Waals surface area contributed by atoms with Crippen molar-refractivity contribution in [2.45, 2.75) is 37.8 Å². The lowest BCUT2D eigenvalue weighted by atomic mass is 9.97. The number of benzene rings is 1. The average molecular weight is 414 g/mol. The van der Waals surface area contributed by atoms with Gasteiger partial charge in [-0.25, -0.2) is 0 Å². The van der Waals surface area contributed by atoms with Gasteiger partial charge < -0.3 is 10.1 Å². The van der Waals surface area contributed by atoms with Crippen LogP contribution in [0, 0.1) is 3.57 Å². The number of hydrogen-bond acceptors (Lipinski definition) is 4. The van der Waals surface area contributed by atoms with Crippen LogP contribution in [0.4, 0.5) is 5.69 Å². The number of nitrogens with one attached hydrogen (secondary N) is 1. The fraction of sp³-hybridized carbons (Fsp3) is 0.500. The van der Waals surface area contributed by atoms with Gasteiger partial charge in [-0.05, 0) is 66.2 Å². The van der Waals surface area contributed by atoms with Crippen molar-refractivity contribution in [2.24, 2.45) is 0 Å². The van der Waals surface area contributed by atoms with Gasteiger partial charge in [-0.1, -0.05) is 6.42 Å². The highest BCUT2D eigenvalue weighted by atomic mass is 127. The number of morpholine rings is 1. The Morgan fingerprint density at radius 1 is 1.32 bits per heavy atom. The standard InChI is InChI=1S/C16H19IN2O3/c17-11-4-6-12(7-5-11)18-15(20)9-14-16(21)22-10-13-3-1-2-8-19(13)14/h4-7,13-14H,1-3,8-10H2,(H,18,20)/t13-,14-/m0/s1. The van der Waals surface area contributed by atoms with E-state index in [-0.39, 0.29) is 24.3 Å². The van der Waals surface area contributed by atoms with E-state index in [0.717, 1.165) is 28.6 Å². The van der Waals surface area contributed by atoms with Crippen LogP contribution in [0.3, 0.4) is 0 Å². The van der Waals surface area contributed by atoms with Crippen molar-refractivity contribution < 1.29 is 14.3 Å². The summed E-state index contributed by atoms with van der Waals surface area (Å²) >= 11 is 2.22. The molecular formula is C16H19IN2O3. The van der Waals surface area contributed by atoms with E-state index in [2.05, 4.69) is 32.8 Å². The normalized spacial score (nSPS) is 25.2. The van der Waals surface area contributed by atoms with Gasteiger partial charge in [0.25, 0.3) is 0 Å². The second kappa shape index (κ2) is 6.95. The van der Waals surface area contributed by atoms with Crippen LogP contribution in [-0.4, -0.2) is 42.0 Å². The molecule has 0 saturated carbocycles. The molecule has 6 heteroatoms. The second-order valence-corrected chi connectivity index (χ2v) is 7.04. The van der Waals surface area contributed by atoms with Crippen molar-refractivity contribution in [2.75, 3.05) is 18.5 Å². The number of anilines is 1. The molecule has 2 atom stereocenters. The zero-order valence-electron chi connectivity index (χ0n) is 12.3. The van der Waals surface area contributed by atoms with Gasteiger partial charge in [0.05, 0.1) is 6.42 Å². The largest absolute Gasteiger partial charge is 0.463 e. The number of fused-ring (bicyclic) bond motifs is 1. The van der Waals surface area contributed by atoms with Crippen molar-refractivity contribution in [3.05, 3.63) is 27.8 Å². The summed E-state index contributed by atoms with van der Waals surface area (Å²) in [5, 5.41) is 2.86.